The molecule has 0 radical (unpaired) electrons. The van der Waals surface area contributed by atoms with Crippen LogP contribution in [0.15, 0.2) is 0 Å². The van der Waals surface area contributed by atoms with Crippen molar-refractivity contribution in [2.75, 3.05) is 0 Å². The van der Waals surface area contributed by atoms with Gasteiger partial charge in [0.15, 0.2) is 0 Å². The molecule has 0 aromatic carbocycles. The summed E-state index contributed by atoms with van der Waals surface area (Å²) in [6.07, 6.45) is 7.96. The van der Waals surface area contributed by atoms with Gasteiger partial charge < -0.3 is 9.67 Å². The van der Waals surface area contributed by atoms with Crippen LogP contribution < -0.4 is 0 Å². The zero-order chi connectivity index (χ0) is 13.4. The van der Waals surface area contributed by atoms with Crippen molar-refractivity contribution in [3.05, 3.63) is 17.2 Å². The van der Waals surface area contributed by atoms with Crippen molar-refractivity contribution in [1.29, 1.82) is 0 Å². The van der Waals surface area contributed by atoms with Crippen molar-refractivity contribution in [3.63, 3.8) is 0 Å². The Hall–Kier alpha value is -1.32. The number of rotatable bonds is 2. The predicted molar refractivity (Wildman–Crippen MR) is 72.2 cm³/mol. The molecule has 0 bridgehead atoms. The SMILES string of the molecule is Cc1nc(C2CCCCC2)n2c1CCC(C(=O)O)C2. The van der Waals surface area contributed by atoms with Crippen molar-refractivity contribution < 1.29 is 9.90 Å². The minimum atomic E-state index is -0.661. The number of carboxylic acid groups (broad SMARTS) is 1. The largest absolute Gasteiger partial charge is 0.481 e. The van der Waals surface area contributed by atoms with E-state index in [1.165, 1.54) is 37.8 Å². The highest BCUT2D eigenvalue weighted by atomic mass is 16.4. The fourth-order valence-electron chi connectivity index (χ4n) is 3.65. The molecule has 1 fully saturated rings. The molecule has 0 amide bonds. The predicted octanol–water partition coefficient (Wildman–Crippen LogP) is 2.89. The van der Waals surface area contributed by atoms with Crippen LogP contribution >= 0.6 is 0 Å². The maximum Gasteiger partial charge on any atom is 0.308 e. The van der Waals surface area contributed by atoms with Crippen LogP contribution in [0, 0.1) is 12.8 Å². The van der Waals surface area contributed by atoms with E-state index in [-0.39, 0.29) is 5.92 Å². The van der Waals surface area contributed by atoms with Gasteiger partial charge in [0.05, 0.1) is 11.6 Å². The van der Waals surface area contributed by atoms with Gasteiger partial charge in [-0.3, -0.25) is 4.79 Å². The number of carbonyl (C=O) groups is 1. The molecule has 1 aromatic heterocycles. The third-order valence-corrected chi connectivity index (χ3v) is 4.75. The number of nitrogens with zero attached hydrogens (tertiary/aromatic N) is 2. The molecule has 1 saturated carbocycles. The number of aliphatic carboxylic acids is 1. The first-order valence-corrected chi connectivity index (χ1v) is 7.45. The Labute approximate surface area is 113 Å². The first-order chi connectivity index (χ1) is 9.16. The number of fused-ring (bicyclic) bond motifs is 1. The van der Waals surface area contributed by atoms with Crippen LogP contribution in [0.25, 0.3) is 0 Å². The van der Waals surface area contributed by atoms with E-state index in [0.29, 0.717) is 12.5 Å². The van der Waals surface area contributed by atoms with Gasteiger partial charge in [-0.1, -0.05) is 19.3 Å². The smallest absolute Gasteiger partial charge is 0.308 e. The summed E-state index contributed by atoms with van der Waals surface area (Å²) in [5.74, 6) is 0.821. The summed E-state index contributed by atoms with van der Waals surface area (Å²) in [5, 5.41) is 9.24. The summed E-state index contributed by atoms with van der Waals surface area (Å²) >= 11 is 0. The third-order valence-electron chi connectivity index (χ3n) is 4.75. The molecule has 0 spiro atoms. The van der Waals surface area contributed by atoms with Gasteiger partial charge in [-0.05, 0) is 32.6 Å². The van der Waals surface area contributed by atoms with Crippen LogP contribution in [-0.4, -0.2) is 20.6 Å². The van der Waals surface area contributed by atoms with E-state index >= 15 is 0 Å². The molecule has 0 saturated heterocycles. The zero-order valence-electron chi connectivity index (χ0n) is 11.6. The van der Waals surface area contributed by atoms with Gasteiger partial charge in [0.1, 0.15) is 5.82 Å². The fourth-order valence-corrected chi connectivity index (χ4v) is 3.65. The van der Waals surface area contributed by atoms with Crippen LogP contribution in [0.4, 0.5) is 0 Å². The number of carboxylic acids is 1. The van der Waals surface area contributed by atoms with Crippen LogP contribution in [0.1, 0.15) is 61.7 Å². The topological polar surface area (TPSA) is 55.1 Å². The summed E-state index contributed by atoms with van der Waals surface area (Å²) in [5.41, 5.74) is 2.39. The van der Waals surface area contributed by atoms with Crippen LogP contribution in [-0.2, 0) is 17.8 Å². The van der Waals surface area contributed by atoms with Crippen molar-refractivity contribution >= 4 is 5.97 Å². The Morgan fingerprint density at radius 3 is 2.68 bits per heavy atom. The molecule has 2 heterocycles. The molecule has 1 atom stereocenters. The molecule has 3 rings (SSSR count). The zero-order valence-corrected chi connectivity index (χ0v) is 11.6. The van der Waals surface area contributed by atoms with E-state index in [2.05, 4.69) is 11.5 Å². The lowest BCUT2D eigenvalue weighted by Crippen LogP contribution is -2.28. The molecule has 1 aliphatic carbocycles. The second-order valence-electron chi connectivity index (χ2n) is 6.02. The van der Waals surface area contributed by atoms with Gasteiger partial charge in [0.2, 0.25) is 0 Å². The Morgan fingerprint density at radius 1 is 1.26 bits per heavy atom. The number of imidazole rings is 1. The van der Waals surface area contributed by atoms with Crippen molar-refractivity contribution in [3.8, 4) is 0 Å². The summed E-state index contributed by atoms with van der Waals surface area (Å²) in [6, 6.07) is 0. The molecule has 1 aromatic rings. The standard InChI is InChI=1S/C15H22N2O2/c1-10-13-8-7-12(15(18)19)9-17(13)14(16-10)11-5-3-2-4-6-11/h11-12H,2-9H2,1H3,(H,18,19). The highest BCUT2D eigenvalue weighted by molar-refractivity contribution is 5.70. The van der Waals surface area contributed by atoms with Crippen LogP contribution in [0.2, 0.25) is 0 Å². The van der Waals surface area contributed by atoms with Gasteiger partial charge in [-0.15, -0.1) is 0 Å². The number of hydrogen-bond donors (Lipinski definition) is 1. The number of aryl methyl sites for hydroxylation is 1. The Kier molecular flexibility index (Phi) is 3.33. The van der Waals surface area contributed by atoms with Gasteiger partial charge in [-0.2, -0.15) is 0 Å². The van der Waals surface area contributed by atoms with E-state index in [1.807, 2.05) is 0 Å². The molecule has 1 aliphatic heterocycles. The van der Waals surface area contributed by atoms with Gasteiger partial charge in [-0.25, -0.2) is 4.98 Å². The average molecular weight is 262 g/mol. The number of hydrogen-bond acceptors (Lipinski definition) is 2. The first kappa shape index (κ1) is 12.7. The molecule has 4 nitrogen and oxygen atoms in total. The van der Waals surface area contributed by atoms with Gasteiger partial charge >= 0.3 is 5.97 Å². The second kappa shape index (κ2) is 4.99. The Bertz CT molecular complexity index is 487. The van der Waals surface area contributed by atoms with E-state index < -0.39 is 5.97 Å². The second-order valence-corrected chi connectivity index (χ2v) is 6.02. The molecule has 1 unspecified atom stereocenters. The average Bonchev–Trinajstić information content (AvgIpc) is 2.77. The quantitative estimate of drug-likeness (QED) is 0.891. The summed E-state index contributed by atoms with van der Waals surface area (Å²) < 4.78 is 2.23. The lowest BCUT2D eigenvalue weighted by atomic mass is 9.88. The van der Waals surface area contributed by atoms with Crippen molar-refractivity contribution in [2.24, 2.45) is 5.92 Å². The maximum absolute atomic E-state index is 11.2. The lowest BCUT2D eigenvalue weighted by Gasteiger charge is -2.27. The molecular formula is C15H22N2O2. The highest BCUT2D eigenvalue weighted by Crippen LogP contribution is 2.35. The Balaban J connectivity index is 1.91. The molecule has 2 aliphatic rings. The summed E-state index contributed by atoms with van der Waals surface area (Å²) in [6.45, 7) is 2.69. The Morgan fingerprint density at radius 2 is 2.00 bits per heavy atom. The van der Waals surface area contributed by atoms with Crippen molar-refractivity contribution in [2.45, 2.75) is 64.3 Å². The van der Waals surface area contributed by atoms with E-state index in [1.54, 1.807) is 0 Å². The third kappa shape index (κ3) is 2.28. The van der Waals surface area contributed by atoms with Crippen molar-refractivity contribution in [1.82, 2.24) is 9.55 Å². The number of aromatic nitrogens is 2. The molecular weight excluding hydrogens is 240 g/mol. The minimum absolute atomic E-state index is 0.233. The molecule has 1 N–H and O–H groups in total. The van der Waals surface area contributed by atoms with E-state index in [9.17, 15) is 9.90 Å². The lowest BCUT2D eigenvalue weighted by molar-refractivity contribution is -0.142. The molecule has 104 valence electrons. The summed E-state index contributed by atoms with van der Waals surface area (Å²) in [4.78, 5) is 16.0. The first-order valence-electron chi connectivity index (χ1n) is 7.45. The van der Waals surface area contributed by atoms with E-state index in [4.69, 9.17) is 4.98 Å². The summed E-state index contributed by atoms with van der Waals surface area (Å²) in [7, 11) is 0. The molecule has 4 heteroatoms. The minimum Gasteiger partial charge on any atom is -0.481 e. The monoisotopic (exact) mass is 262 g/mol. The fraction of sp³-hybridized carbons (Fsp3) is 0.733. The van der Waals surface area contributed by atoms with Crippen LogP contribution in [0.3, 0.4) is 0 Å². The van der Waals surface area contributed by atoms with Gasteiger partial charge in [0, 0.05) is 18.2 Å². The highest BCUT2D eigenvalue weighted by Gasteiger charge is 2.30. The van der Waals surface area contributed by atoms with Gasteiger partial charge in [0.25, 0.3) is 0 Å². The normalized spacial score (nSPS) is 24.2. The van der Waals surface area contributed by atoms with Crippen LogP contribution in [0.5, 0.6) is 0 Å². The molecule has 19 heavy (non-hydrogen) atoms. The maximum atomic E-state index is 11.2. The van der Waals surface area contributed by atoms with E-state index in [0.717, 1.165) is 24.4 Å².